The van der Waals surface area contributed by atoms with Crippen LogP contribution < -0.4 is 4.74 Å². The molecule has 2 aromatic heterocycles. The van der Waals surface area contributed by atoms with Gasteiger partial charge in [0.15, 0.2) is 0 Å². The van der Waals surface area contributed by atoms with Gasteiger partial charge in [0.25, 0.3) is 5.91 Å². The van der Waals surface area contributed by atoms with Crippen molar-refractivity contribution in [3.05, 3.63) is 54.6 Å². The Bertz CT molecular complexity index is 608. The predicted molar refractivity (Wildman–Crippen MR) is 73.6 cm³/mol. The van der Waals surface area contributed by atoms with Gasteiger partial charge in [-0.05, 0) is 30.3 Å². The molecule has 7 nitrogen and oxygen atoms in total. The van der Waals surface area contributed by atoms with Gasteiger partial charge in [-0.25, -0.2) is 0 Å². The van der Waals surface area contributed by atoms with Crippen LogP contribution >= 0.6 is 0 Å². The summed E-state index contributed by atoms with van der Waals surface area (Å²) in [6.07, 6.45) is 7.70. The summed E-state index contributed by atoms with van der Waals surface area (Å²) in [4.78, 5) is 15.0. The van der Waals surface area contributed by atoms with E-state index >= 15 is 0 Å². The van der Waals surface area contributed by atoms with E-state index in [1.54, 1.807) is 24.5 Å². The van der Waals surface area contributed by atoms with Crippen LogP contribution in [0.5, 0.6) is 5.75 Å². The third-order valence-corrected chi connectivity index (χ3v) is 2.69. The Morgan fingerprint density at radius 3 is 2.95 bits per heavy atom. The van der Waals surface area contributed by atoms with Crippen LogP contribution in [-0.2, 0) is 11.3 Å². The Hall–Kier alpha value is -2.64. The molecule has 21 heavy (non-hydrogen) atoms. The molecule has 0 saturated carbocycles. The number of hydroxylamine groups is 2. The summed E-state index contributed by atoms with van der Waals surface area (Å²) in [5, 5.41) is 16.6. The molecule has 0 aromatic carbocycles. The van der Waals surface area contributed by atoms with Crippen molar-refractivity contribution < 1.29 is 19.9 Å². The number of nitrogens with zero attached hydrogens (tertiary/aromatic N) is 3. The van der Waals surface area contributed by atoms with Crippen molar-refractivity contribution in [1.82, 2.24) is 14.8 Å². The fourth-order valence-electron chi connectivity index (χ4n) is 1.70. The number of ether oxygens (including phenoxy) is 1. The molecule has 0 unspecified atom stereocenters. The maximum absolute atomic E-state index is 11.0. The quantitative estimate of drug-likeness (QED) is 0.479. The van der Waals surface area contributed by atoms with Crippen LogP contribution in [0.25, 0.3) is 6.08 Å². The van der Waals surface area contributed by atoms with Gasteiger partial charge in [-0.2, -0.15) is 0 Å². The molecule has 110 valence electrons. The molecule has 2 N–H and O–H groups in total. The average Bonchev–Trinajstić information content (AvgIpc) is 2.93. The highest BCUT2D eigenvalue weighted by atomic mass is 16.8. The van der Waals surface area contributed by atoms with Crippen LogP contribution in [0.4, 0.5) is 0 Å². The zero-order valence-corrected chi connectivity index (χ0v) is 11.2. The maximum atomic E-state index is 11.0. The molecule has 2 rings (SSSR count). The van der Waals surface area contributed by atoms with Crippen molar-refractivity contribution in [2.75, 3.05) is 6.61 Å². The second kappa shape index (κ2) is 7.22. The van der Waals surface area contributed by atoms with Gasteiger partial charge in [0.1, 0.15) is 12.4 Å². The first-order valence-electron chi connectivity index (χ1n) is 6.25. The Kier molecular flexibility index (Phi) is 5.08. The van der Waals surface area contributed by atoms with Gasteiger partial charge in [-0.3, -0.25) is 20.2 Å². The van der Waals surface area contributed by atoms with E-state index in [1.165, 1.54) is 6.08 Å². The standard InChI is InChI=1S/C14H15N3O4/c18-14(17(19)20)6-5-12-3-2-8-16(12)9-10-21-13-4-1-7-15-11-13/h1-8,11,19-20H,9-10H2/b6-5+. The number of rotatable bonds is 6. The van der Waals surface area contributed by atoms with Crippen LogP contribution in [0, 0.1) is 0 Å². The lowest BCUT2D eigenvalue weighted by Crippen LogP contribution is -2.20. The van der Waals surface area contributed by atoms with E-state index in [9.17, 15) is 4.79 Å². The number of aromatic nitrogens is 2. The topological polar surface area (TPSA) is 87.8 Å². The van der Waals surface area contributed by atoms with Crippen molar-refractivity contribution >= 4 is 12.0 Å². The molecule has 0 aliphatic carbocycles. The third kappa shape index (κ3) is 4.44. The molecule has 2 heterocycles. The predicted octanol–water partition coefficient (Wildman–Crippen LogP) is 1.58. The fourth-order valence-corrected chi connectivity index (χ4v) is 1.70. The Labute approximate surface area is 121 Å². The lowest BCUT2D eigenvalue weighted by atomic mass is 10.3. The van der Waals surface area contributed by atoms with E-state index in [0.717, 1.165) is 11.8 Å². The van der Waals surface area contributed by atoms with Crippen molar-refractivity contribution in [3.63, 3.8) is 0 Å². The molecule has 7 heteroatoms. The Morgan fingerprint density at radius 2 is 2.24 bits per heavy atom. The highest BCUT2D eigenvalue weighted by molar-refractivity contribution is 5.89. The molecule has 0 aliphatic heterocycles. The van der Waals surface area contributed by atoms with Gasteiger partial charge >= 0.3 is 0 Å². The molecule has 0 radical (unpaired) electrons. The third-order valence-electron chi connectivity index (χ3n) is 2.69. The molecule has 0 atom stereocenters. The summed E-state index contributed by atoms with van der Waals surface area (Å²) < 4.78 is 7.41. The highest BCUT2D eigenvalue weighted by Gasteiger charge is 2.03. The molecule has 0 saturated heterocycles. The molecule has 2 aromatic rings. The molecule has 0 aliphatic rings. The molecule has 0 bridgehead atoms. The van der Waals surface area contributed by atoms with Crippen molar-refractivity contribution in [2.45, 2.75) is 6.54 Å². The first kappa shape index (κ1) is 14.8. The van der Waals surface area contributed by atoms with Crippen molar-refractivity contribution in [2.24, 2.45) is 0 Å². The summed E-state index contributed by atoms with van der Waals surface area (Å²) in [5.74, 6) is -0.234. The molecular formula is C14H15N3O4. The van der Waals surface area contributed by atoms with E-state index in [2.05, 4.69) is 4.98 Å². The second-order valence-corrected chi connectivity index (χ2v) is 4.12. The van der Waals surface area contributed by atoms with Gasteiger partial charge in [0.05, 0.1) is 12.7 Å². The van der Waals surface area contributed by atoms with Crippen molar-refractivity contribution in [3.8, 4) is 5.75 Å². The second-order valence-electron chi connectivity index (χ2n) is 4.12. The zero-order valence-electron chi connectivity index (χ0n) is 11.2. The smallest absolute Gasteiger partial charge is 0.296 e. The van der Waals surface area contributed by atoms with E-state index in [1.807, 2.05) is 22.9 Å². The monoisotopic (exact) mass is 289 g/mol. The average molecular weight is 289 g/mol. The van der Waals surface area contributed by atoms with Gasteiger partial charge in [-0.1, -0.05) is 5.23 Å². The summed E-state index contributed by atoms with van der Waals surface area (Å²) in [6.45, 7) is 1.03. The summed E-state index contributed by atoms with van der Waals surface area (Å²) in [6, 6.07) is 7.23. The summed E-state index contributed by atoms with van der Waals surface area (Å²) in [7, 11) is 0. The van der Waals surface area contributed by atoms with Crippen LogP contribution in [0.15, 0.2) is 48.9 Å². The highest BCUT2D eigenvalue weighted by Crippen LogP contribution is 2.08. The Morgan fingerprint density at radius 1 is 1.38 bits per heavy atom. The van der Waals surface area contributed by atoms with Gasteiger partial charge < -0.3 is 9.30 Å². The van der Waals surface area contributed by atoms with Crippen LogP contribution in [0.1, 0.15) is 5.69 Å². The normalized spacial score (nSPS) is 10.8. The maximum Gasteiger partial charge on any atom is 0.296 e. The van der Waals surface area contributed by atoms with E-state index < -0.39 is 11.1 Å². The lowest BCUT2D eigenvalue weighted by molar-refractivity contribution is -0.280. The number of carbonyl (C=O) groups excluding carboxylic acids is 1. The van der Waals surface area contributed by atoms with Crippen LogP contribution in [0.2, 0.25) is 0 Å². The van der Waals surface area contributed by atoms with Gasteiger partial charge in [0, 0.05) is 24.2 Å². The Balaban J connectivity index is 1.90. The molecule has 0 fully saturated rings. The SMILES string of the molecule is O=C(/C=C/c1cccn1CCOc1cccnc1)N(O)O. The van der Waals surface area contributed by atoms with Crippen LogP contribution in [-0.4, -0.2) is 37.7 Å². The minimum absolute atomic E-state index is 0.446. The molecule has 0 spiro atoms. The van der Waals surface area contributed by atoms with E-state index in [-0.39, 0.29) is 0 Å². The summed E-state index contributed by atoms with van der Waals surface area (Å²) >= 11 is 0. The number of hydrogen-bond acceptors (Lipinski definition) is 5. The fraction of sp³-hybridized carbons (Fsp3) is 0.143. The van der Waals surface area contributed by atoms with Gasteiger partial charge in [-0.15, -0.1) is 0 Å². The minimum Gasteiger partial charge on any atom is -0.490 e. The zero-order chi connectivity index (χ0) is 15.1. The number of carbonyl (C=O) groups is 1. The lowest BCUT2D eigenvalue weighted by Gasteiger charge is -2.08. The minimum atomic E-state index is -0.922. The molecule has 1 amide bonds. The van der Waals surface area contributed by atoms with Crippen LogP contribution in [0.3, 0.4) is 0 Å². The number of hydrogen-bond donors (Lipinski definition) is 2. The first-order valence-corrected chi connectivity index (χ1v) is 6.25. The largest absolute Gasteiger partial charge is 0.490 e. The van der Waals surface area contributed by atoms with Gasteiger partial charge in [0.2, 0.25) is 0 Å². The number of amides is 1. The van der Waals surface area contributed by atoms with E-state index in [0.29, 0.717) is 18.9 Å². The van der Waals surface area contributed by atoms with E-state index in [4.69, 9.17) is 15.2 Å². The summed E-state index contributed by atoms with van der Waals surface area (Å²) in [5.41, 5.74) is 0.750. The molecular weight excluding hydrogens is 274 g/mol. The van der Waals surface area contributed by atoms with Crippen molar-refractivity contribution in [1.29, 1.82) is 0 Å². The first-order chi connectivity index (χ1) is 10.2. The number of pyridine rings is 1.